The zero-order valence-electron chi connectivity index (χ0n) is 10.2. The average Bonchev–Trinajstić information content (AvgIpc) is 2.58. The minimum Gasteiger partial charge on any atom is -0.323 e. The van der Waals surface area contributed by atoms with Crippen LogP contribution in [0.25, 0.3) is 0 Å². The second-order valence-corrected chi connectivity index (χ2v) is 4.72. The number of halogens is 1. The number of hydrogen-bond donors (Lipinski definition) is 1. The van der Waals surface area contributed by atoms with Crippen molar-refractivity contribution in [3.05, 3.63) is 16.9 Å². The molecule has 1 heterocycles. The maximum atomic E-state index is 6.11. The van der Waals surface area contributed by atoms with E-state index in [-0.39, 0.29) is 6.04 Å². The zero-order chi connectivity index (χ0) is 12.0. The van der Waals surface area contributed by atoms with E-state index in [2.05, 4.69) is 12.0 Å². The van der Waals surface area contributed by atoms with Crippen LogP contribution in [-0.4, -0.2) is 9.78 Å². The van der Waals surface area contributed by atoms with Crippen molar-refractivity contribution >= 4 is 11.6 Å². The van der Waals surface area contributed by atoms with Gasteiger partial charge in [-0.1, -0.05) is 50.6 Å². The van der Waals surface area contributed by atoms with Crippen LogP contribution in [0.15, 0.2) is 6.20 Å². The molecular formula is C12H22ClN3. The van der Waals surface area contributed by atoms with Gasteiger partial charge in [-0.2, -0.15) is 5.10 Å². The van der Waals surface area contributed by atoms with Crippen LogP contribution in [0.1, 0.15) is 57.2 Å². The van der Waals surface area contributed by atoms with Gasteiger partial charge in [0.1, 0.15) is 0 Å². The van der Waals surface area contributed by atoms with Crippen molar-refractivity contribution in [3.63, 3.8) is 0 Å². The van der Waals surface area contributed by atoms with Gasteiger partial charge in [-0.3, -0.25) is 4.68 Å². The zero-order valence-corrected chi connectivity index (χ0v) is 11.0. The molecule has 0 aliphatic rings. The number of nitrogens with two attached hydrogens (primary N) is 1. The normalized spacial score (nSPS) is 13.0. The summed E-state index contributed by atoms with van der Waals surface area (Å²) in [5.74, 6) is 0. The van der Waals surface area contributed by atoms with Gasteiger partial charge in [0.15, 0.2) is 0 Å². The summed E-state index contributed by atoms with van der Waals surface area (Å²) >= 11 is 6.04. The molecule has 1 unspecified atom stereocenters. The van der Waals surface area contributed by atoms with Crippen molar-refractivity contribution in [2.45, 2.75) is 51.5 Å². The first-order chi connectivity index (χ1) is 7.66. The molecule has 1 aromatic rings. The Morgan fingerprint density at radius 3 is 2.62 bits per heavy atom. The lowest BCUT2D eigenvalue weighted by Crippen LogP contribution is -2.15. The molecule has 2 N–H and O–H groups in total. The summed E-state index contributed by atoms with van der Waals surface area (Å²) < 4.78 is 1.78. The molecule has 0 radical (unpaired) electrons. The highest BCUT2D eigenvalue weighted by Gasteiger charge is 2.14. The number of aromatic nitrogens is 2. The van der Waals surface area contributed by atoms with Gasteiger partial charge in [-0.05, 0) is 6.42 Å². The van der Waals surface area contributed by atoms with Crippen LogP contribution in [-0.2, 0) is 7.05 Å². The van der Waals surface area contributed by atoms with Gasteiger partial charge in [-0.15, -0.1) is 0 Å². The fraction of sp³-hybridized carbons (Fsp3) is 0.750. The van der Waals surface area contributed by atoms with Crippen LogP contribution in [0.5, 0.6) is 0 Å². The molecule has 0 spiro atoms. The Morgan fingerprint density at radius 1 is 1.38 bits per heavy atom. The topological polar surface area (TPSA) is 43.8 Å². The van der Waals surface area contributed by atoms with E-state index >= 15 is 0 Å². The van der Waals surface area contributed by atoms with Crippen LogP contribution < -0.4 is 5.73 Å². The van der Waals surface area contributed by atoms with Crippen LogP contribution in [0.3, 0.4) is 0 Å². The predicted molar refractivity (Wildman–Crippen MR) is 68.5 cm³/mol. The monoisotopic (exact) mass is 243 g/mol. The molecule has 1 rings (SSSR count). The van der Waals surface area contributed by atoms with E-state index in [1.807, 2.05) is 7.05 Å². The second-order valence-electron chi connectivity index (χ2n) is 4.31. The van der Waals surface area contributed by atoms with Crippen LogP contribution >= 0.6 is 11.6 Å². The number of rotatable bonds is 7. The Morgan fingerprint density at radius 2 is 2.06 bits per heavy atom. The van der Waals surface area contributed by atoms with Gasteiger partial charge in [0, 0.05) is 13.1 Å². The lowest BCUT2D eigenvalue weighted by molar-refractivity contribution is 0.528. The molecule has 0 bridgehead atoms. The maximum absolute atomic E-state index is 6.11. The molecule has 0 fully saturated rings. The van der Waals surface area contributed by atoms with Crippen LogP contribution in [0.2, 0.25) is 5.02 Å². The van der Waals surface area contributed by atoms with E-state index in [1.165, 1.54) is 32.1 Å². The van der Waals surface area contributed by atoms with Gasteiger partial charge < -0.3 is 5.73 Å². The van der Waals surface area contributed by atoms with Crippen molar-refractivity contribution in [1.29, 1.82) is 0 Å². The lowest BCUT2D eigenvalue weighted by atomic mass is 10.0. The second kappa shape index (κ2) is 6.92. The fourth-order valence-corrected chi connectivity index (χ4v) is 2.25. The number of unbranched alkanes of at least 4 members (excludes halogenated alkanes) is 4. The number of aryl methyl sites for hydroxylation is 1. The molecule has 4 heteroatoms. The van der Waals surface area contributed by atoms with Gasteiger partial charge >= 0.3 is 0 Å². The number of nitrogens with zero attached hydrogens (tertiary/aromatic N) is 2. The molecule has 0 aromatic carbocycles. The highest BCUT2D eigenvalue weighted by molar-refractivity contribution is 6.31. The van der Waals surface area contributed by atoms with Crippen LogP contribution in [0.4, 0.5) is 0 Å². The van der Waals surface area contributed by atoms with Crippen LogP contribution in [0, 0.1) is 0 Å². The third-order valence-corrected chi connectivity index (χ3v) is 3.20. The van der Waals surface area contributed by atoms with E-state index in [0.717, 1.165) is 12.1 Å². The maximum Gasteiger partial charge on any atom is 0.0833 e. The quantitative estimate of drug-likeness (QED) is 0.746. The Labute approximate surface area is 103 Å². The summed E-state index contributed by atoms with van der Waals surface area (Å²) in [6.07, 6.45) is 8.99. The molecule has 0 saturated heterocycles. The molecule has 1 aromatic heterocycles. The van der Waals surface area contributed by atoms with Crippen molar-refractivity contribution in [2.75, 3.05) is 0 Å². The van der Waals surface area contributed by atoms with Gasteiger partial charge in [0.25, 0.3) is 0 Å². The summed E-state index contributed by atoms with van der Waals surface area (Å²) in [7, 11) is 1.89. The number of hydrogen-bond acceptors (Lipinski definition) is 2. The van der Waals surface area contributed by atoms with E-state index in [4.69, 9.17) is 17.3 Å². The average molecular weight is 244 g/mol. The third kappa shape index (κ3) is 3.80. The van der Waals surface area contributed by atoms with Gasteiger partial charge in [0.2, 0.25) is 0 Å². The van der Waals surface area contributed by atoms with Crippen molar-refractivity contribution in [3.8, 4) is 0 Å². The highest BCUT2D eigenvalue weighted by atomic mass is 35.5. The SMILES string of the molecule is CCCCCCCC(N)c1c(Cl)cnn1C. The molecule has 0 aliphatic heterocycles. The molecular weight excluding hydrogens is 222 g/mol. The molecule has 0 aliphatic carbocycles. The third-order valence-electron chi connectivity index (χ3n) is 2.91. The Bertz CT molecular complexity index is 290. The minimum atomic E-state index is 0.0154. The lowest BCUT2D eigenvalue weighted by Gasteiger charge is -2.12. The van der Waals surface area contributed by atoms with E-state index in [0.29, 0.717) is 5.02 Å². The minimum absolute atomic E-state index is 0.0154. The molecule has 1 atom stereocenters. The summed E-state index contributed by atoms with van der Waals surface area (Å²) in [5, 5.41) is 4.78. The van der Waals surface area contributed by atoms with Crippen molar-refractivity contribution < 1.29 is 0 Å². The summed E-state index contributed by atoms with van der Waals surface area (Å²) in [6.45, 7) is 2.22. The smallest absolute Gasteiger partial charge is 0.0833 e. The largest absolute Gasteiger partial charge is 0.323 e. The Balaban J connectivity index is 2.32. The first-order valence-electron chi connectivity index (χ1n) is 6.09. The molecule has 0 amide bonds. The summed E-state index contributed by atoms with van der Waals surface area (Å²) in [4.78, 5) is 0. The van der Waals surface area contributed by atoms with Gasteiger partial charge in [-0.25, -0.2) is 0 Å². The molecule has 3 nitrogen and oxygen atoms in total. The fourth-order valence-electron chi connectivity index (χ4n) is 1.94. The molecule has 16 heavy (non-hydrogen) atoms. The summed E-state index contributed by atoms with van der Waals surface area (Å²) in [5.41, 5.74) is 7.07. The molecule has 92 valence electrons. The first-order valence-corrected chi connectivity index (χ1v) is 6.47. The van der Waals surface area contributed by atoms with E-state index in [9.17, 15) is 0 Å². The standard InChI is InChI=1S/C12H22ClN3/c1-3-4-5-6-7-8-11(14)12-10(13)9-15-16(12)2/h9,11H,3-8,14H2,1-2H3. The van der Waals surface area contributed by atoms with Crippen molar-refractivity contribution in [1.82, 2.24) is 9.78 Å². The Hall–Kier alpha value is -0.540. The van der Waals surface area contributed by atoms with Crippen molar-refractivity contribution in [2.24, 2.45) is 12.8 Å². The highest BCUT2D eigenvalue weighted by Crippen LogP contribution is 2.24. The van der Waals surface area contributed by atoms with Gasteiger partial charge in [0.05, 0.1) is 16.9 Å². The van der Waals surface area contributed by atoms with E-state index in [1.54, 1.807) is 10.9 Å². The first kappa shape index (κ1) is 13.5. The van der Waals surface area contributed by atoms with E-state index < -0.39 is 0 Å². The predicted octanol–water partition coefficient (Wildman–Crippen LogP) is 3.43. The Kier molecular flexibility index (Phi) is 5.85. The summed E-state index contributed by atoms with van der Waals surface area (Å²) in [6, 6.07) is 0.0154. The molecule has 0 saturated carbocycles.